The molecule has 1 fully saturated rings. The number of rotatable bonds is 5. The topological polar surface area (TPSA) is 41.5 Å². The normalized spacial score (nSPS) is 24.1. The minimum Gasteiger partial charge on any atom is -0.392 e. The van der Waals surface area contributed by atoms with Gasteiger partial charge in [0.1, 0.15) is 0 Å². The van der Waals surface area contributed by atoms with Crippen molar-refractivity contribution >= 4 is 0 Å². The Morgan fingerprint density at radius 1 is 1.24 bits per heavy atom. The van der Waals surface area contributed by atoms with Gasteiger partial charge in [-0.25, -0.2) is 0 Å². The molecule has 1 aliphatic carbocycles. The molecule has 0 heterocycles. The Labute approximate surface area is 103 Å². The van der Waals surface area contributed by atoms with E-state index in [1.165, 1.54) is 18.4 Å². The summed E-state index contributed by atoms with van der Waals surface area (Å²) in [6, 6.07) is 8.56. The van der Waals surface area contributed by atoms with Gasteiger partial charge < -0.3 is 15.2 Å². The third-order valence-electron chi connectivity index (χ3n) is 3.53. The van der Waals surface area contributed by atoms with Crippen molar-refractivity contribution in [3.05, 3.63) is 35.4 Å². The predicted octanol–water partition coefficient (Wildman–Crippen LogP) is 1.84. The number of aliphatic hydroxyl groups excluding tert-OH is 1. The first kappa shape index (κ1) is 12.6. The summed E-state index contributed by atoms with van der Waals surface area (Å²) in [5.41, 5.74) is 2.22. The molecule has 2 rings (SSSR count). The van der Waals surface area contributed by atoms with Gasteiger partial charge in [0.25, 0.3) is 0 Å². The molecule has 0 bridgehead atoms. The monoisotopic (exact) mass is 235 g/mol. The molecular weight excluding hydrogens is 214 g/mol. The predicted molar refractivity (Wildman–Crippen MR) is 67.6 cm³/mol. The van der Waals surface area contributed by atoms with E-state index in [-0.39, 0.29) is 6.61 Å². The molecule has 0 amide bonds. The summed E-state index contributed by atoms with van der Waals surface area (Å²) in [7, 11) is 1.79. The summed E-state index contributed by atoms with van der Waals surface area (Å²) in [6.07, 6.45) is 3.98. The van der Waals surface area contributed by atoms with E-state index < -0.39 is 0 Å². The van der Waals surface area contributed by atoms with Gasteiger partial charge in [0, 0.05) is 19.7 Å². The maximum atomic E-state index is 8.97. The zero-order valence-electron chi connectivity index (χ0n) is 10.4. The third-order valence-corrected chi connectivity index (χ3v) is 3.53. The highest BCUT2D eigenvalue weighted by atomic mass is 16.5. The van der Waals surface area contributed by atoms with E-state index in [2.05, 4.69) is 17.4 Å². The minimum atomic E-state index is 0.113. The second kappa shape index (κ2) is 6.15. The summed E-state index contributed by atoms with van der Waals surface area (Å²) >= 11 is 0. The fourth-order valence-electron chi connectivity index (χ4n) is 2.45. The van der Waals surface area contributed by atoms with Crippen molar-refractivity contribution in [2.45, 2.75) is 44.6 Å². The standard InChI is InChI=1S/C14H21NO2/c1-17-14-4-2-3-13(14)15-9-11-5-7-12(10-16)8-6-11/h5-8,13-16H,2-4,9-10H2,1H3. The Morgan fingerprint density at radius 3 is 2.59 bits per heavy atom. The lowest BCUT2D eigenvalue weighted by molar-refractivity contribution is 0.0847. The van der Waals surface area contributed by atoms with Gasteiger partial charge in [0.05, 0.1) is 12.7 Å². The highest BCUT2D eigenvalue weighted by Gasteiger charge is 2.26. The van der Waals surface area contributed by atoms with Gasteiger partial charge in [-0.1, -0.05) is 24.3 Å². The van der Waals surface area contributed by atoms with Crippen LogP contribution in [0.4, 0.5) is 0 Å². The van der Waals surface area contributed by atoms with Crippen molar-refractivity contribution in [1.29, 1.82) is 0 Å². The van der Waals surface area contributed by atoms with Crippen LogP contribution in [0.3, 0.4) is 0 Å². The zero-order valence-corrected chi connectivity index (χ0v) is 10.4. The molecule has 2 unspecified atom stereocenters. The van der Waals surface area contributed by atoms with Crippen molar-refractivity contribution in [3.8, 4) is 0 Å². The number of hydrogen-bond donors (Lipinski definition) is 2. The van der Waals surface area contributed by atoms with Gasteiger partial charge >= 0.3 is 0 Å². The Morgan fingerprint density at radius 2 is 1.94 bits per heavy atom. The number of hydrogen-bond acceptors (Lipinski definition) is 3. The average molecular weight is 235 g/mol. The van der Waals surface area contributed by atoms with Crippen LogP contribution in [-0.2, 0) is 17.9 Å². The van der Waals surface area contributed by atoms with Crippen molar-refractivity contribution in [1.82, 2.24) is 5.32 Å². The first-order chi connectivity index (χ1) is 8.33. The van der Waals surface area contributed by atoms with Crippen LogP contribution in [0.25, 0.3) is 0 Å². The molecule has 2 atom stereocenters. The minimum absolute atomic E-state index is 0.113. The summed E-state index contributed by atoms with van der Waals surface area (Å²) < 4.78 is 5.45. The maximum Gasteiger partial charge on any atom is 0.0724 e. The lowest BCUT2D eigenvalue weighted by atomic mass is 10.1. The molecule has 0 aliphatic heterocycles. The molecule has 2 N–H and O–H groups in total. The second-order valence-corrected chi connectivity index (χ2v) is 4.67. The molecule has 0 aromatic heterocycles. The molecule has 3 heteroatoms. The Bertz CT molecular complexity index is 337. The van der Waals surface area contributed by atoms with Crippen LogP contribution < -0.4 is 5.32 Å². The fourth-order valence-corrected chi connectivity index (χ4v) is 2.45. The summed E-state index contributed by atoms with van der Waals surface area (Å²) in [5, 5.41) is 12.5. The van der Waals surface area contributed by atoms with Crippen LogP contribution in [0.5, 0.6) is 0 Å². The number of nitrogens with one attached hydrogen (secondary N) is 1. The lowest BCUT2D eigenvalue weighted by Gasteiger charge is -2.19. The first-order valence-electron chi connectivity index (χ1n) is 6.28. The van der Waals surface area contributed by atoms with Crippen molar-refractivity contribution in [2.24, 2.45) is 0 Å². The Balaban J connectivity index is 1.84. The van der Waals surface area contributed by atoms with Gasteiger partial charge in [-0.3, -0.25) is 0 Å². The van der Waals surface area contributed by atoms with Gasteiger partial charge in [-0.15, -0.1) is 0 Å². The second-order valence-electron chi connectivity index (χ2n) is 4.67. The summed E-state index contributed by atoms with van der Waals surface area (Å²) in [6.45, 7) is 0.984. The quantitative estimate of drug-likeness (QED) is 0.818. The molecule has 0 radical (unpaired) electrons. The van der Waals surface area contributed by atoms with E-state index in [9.17, 15) is 0 Å². The fraction of sp³-hybridized carbons (Fsp3) is 0.571. The zero-order chi connectivity index (χ0) is 12.1. The van der Waals surface area contributed by atoms with Crippen LogP contribution in [0.15, 0.2) is 24.3 Å². The molecule has 1 aromatic carbocycles. The van der Waals surface area contributed by atoms with Crippen LogP contribution >= 0.6 is 0 Å². The van der Waals surface area contributed by atoms with Gasteiger partial charge in [0.15, 0.2) is 0 Å². The molecule has 94 valence electrons. The summed E-state index contributed by atoms with van der Waals surface area (Å²) in [4.78, 5) is 0. The van der Waals surface area contributed by atoms with Crippen LogP contribution in [0.2, 0.25) is 0 Å². The van der Waals surface area contributed by atoms with Crippen LogP contribution in [0, 0.1) is 0 Å². The molecule has 1 saturated carbocycles. The van der Waals surface area contributed by atoms with Crippen molar-refractivity contribution in [2.75, 3.05) is 7.11 Å². The van der Waals surface area contributed by atoms with Crippen LogP contribution in [0.1, 0.15) is 30.4 Å². The molecule has 0 saturated heterocycles. The highest BCUT2D eigenvalue weighted by molar-refractivity contribution is 5.21. The highest BCUT2D eigenvalue weighted by Crippen LogP contribution is 2.21. The van der Waals surface area contributed by atoms with E-state index in [1.54, 1.807) is 7.11 Å². The van der Waals surface area contributed by atoms with E-state index in [0.717, 1.165) is 18.5 Å². The molecule has 1 aliphatic rings. The third kappa shape index (κ3) is 3.28. The Kier molecular flexibility index (Phi) is 4.54. The largest absolute Gasteiger partial charge is 0.392 e. The molecular formula is C14H21NO2. The average Bonchev–Trinajstić information content (AvgIpc) is 2.84. The maximum absolute atomic E-state index is 8.97. The molecule has 0 spiro atoms. The van der Waals surface area contributed by atoms with Gasteiger partial charge in [0.2, 0.25) is 0 Å². The number of ether oxygens (including phenoxy) is 1. The number of aliphatic hydroxyl groups is 1. The van der Waals surface area contributed by atoms with Gasteiger partial charge in [-0.05, 0) is 30.4 Å². The van der Waals surface area contributed by atoms with Crippen molar-refractivity contribution < 1.29 is 9.84 Å². The SMILES string of the molecule is COC1CCCC1NCc1ccc(CO)cc1. The van der Waals surface area contributed by atoms with Crippen molar-refractivity contribution in [3.63, 3.8) is 0 Å². The van der Waals surface area contributed by atoms with E-state index in [0.29, 0.717) is 12.1 Å². The number of benzene rings is 1. The molecule has 17 heavy (non-hydrogen) atoms. The van der Waals surface area contributed by atoms with E-state index in [4.69, 9.17) is 9.84 Å². The Hall–Kier alpha value is -0.900. The lowest BCUT2D eigenvalue weighted by Crippen LogP contribution is -2.36. The first-order valence-corrected chi connectivity index (χ1v) is 6.28. The van der Waals surface area contributed by atoms with Gasteiger partial charge in [-0.2, -0.15) is 0 Å². The molecule has 3 nitrogen and oxygen atoms in total. The molecule has 1 aromatic rings. The van der Waals surface area contributed by atoms with Crippen LogP contribution in [-0.4, -0.2) is 24.4 Å². The van der Waals surface area contributed by atoms with E-state index >= 15 is 0 Å². The van der Waals surface area contributed by atoms with E-state index in [1.807, 2.05) is 12.1 Å². The number of methoxy groups -OCH3 is 1. The smallest absolute Gasteiger partial charge is 0.0724 e. The summed E-state index contributed by atoms with van der Waals surface area (Å²) in [5.74, 6) is 0.